The van der Waals surface area contributed by atoms with Crippen LogP contribution in [-0.2, 0) is 7.05 Å². The van der Waals surface area contributed by atoms with Crippen LogP contribution in [0.2, 0.25) is 0 Å². The van der Waals surface area contributed by atoms with E-state index in [1.807, 2.05) is 31.4 Å². The molecule has 2 aromatic heterocycles. The molecule has 3 aromatic carbocycles. The van der Waals surface area contributed by atoms with Crippen molar-refractivity contribution in [2.45, 2.75) is 13.8 Å². The normalized spacial score (nSPS) is 11.1. The number of nitrogens with zero attached hydrogens (tertiary/aromatic N) is 2. The first-order valence-corrected chi connectivity index (χ1v) is 9.99. The minimum Gasteiger partial charge on any atom is -0.454 e. The van der Waals surface area contributed by atoms with Gasteiger partial charge >= 0.3 is 0 Å². The second kappa shape index (κ2) is 6.86. The van der Waals surface area contributed by atoms with E-state index in [-0.39, 0.29) is 0 Å². The predicted molar refractivity (Wildman–Crippen MR) is 120 cm³/mol. The molecule has 2 heterocycles. The number of pyridine rings is 1. The van der Waals surface area contributed by atoms with E-state index in [4.69, 9.17) is 4.42 Å². The fraction of sp³-hybridized carbons (Fsp3) is 0.111. The van der Waals surface area contributed by atoms with Gasteiger partial charge in [-0.1, -0.05) is 42.0 Å². The van der Waals surface area contributed by atoms with Crippen molar-refractivity contribution in [2.24, 2.45) is 7.05 Å². The van der Waals surface area contributed by atoms with Gasteiger partial charge in [0.2, 0.25) is 5.69 Å². The number of hydrogen-bond donors (Lipinski definition) is 0. The van der Waals surface area contributed by atoms with Gasteiger partial charge in [0.25, 0.3) is 0 Å². The maximum absolute atomic E-state index is 9.85. The third-order valence-corrected chi connectivity index (χ3v) is 5.77. The van der Waals surface area contributed by atoms with Crippen LogP contribution in [0.1, 0.15) is 16.7 Å². The number of furan rings is 1. The van der Waals surface area contributed by atoms with Gasteiger partial charge in [0.1, 0.15) is 18.7 Å². The molecule has 0 aliphatic rings. The molecule has 0 N–H and O–H groups in total. The number of nitriles is 1. The van der Waals surface area contributed by atoms with Crippen LogP contribution in [0.3, 0.4) is 0 Å². The number of aryl methyl sites for hydroxylation is 3. The Kier molecular flexibility index (Phi) is 4.15. The quantitative estimate of drug-likeness (QED) is 0.336. The Hall–Kier alpha value is -3.90. The molecule has 5 rings (SSSR count). The Morgan fingerprint density at radius 3 is 2.37 bits per heavy atom. The Morgan fingerprint density at radius 1 is 0.833 bits per heavy atom. The second-order valence-corrected chi connectivity index (χ2v) is 7.81. The Labute approximate surface area is 175 Å². The first-order valence-electron chi connectivity index (χ1n) is 9.99. The van der Waals surface area contributed by atoms with Crippen molar-refractivity contribution in [3.05, 3.63) is 89.6 Å². The average molecular weight is 389 g/mol. The van der Waals surface area contributed by atoms with Crippen molar-refractivity contribution in [1.82, 2.24) is 0 Å². The zero-order valence-corrected chi connectivity index (χ0v) is 17.2. The fourth-order valence-corrected chi connectivity index (χ4v) is 4.14. The molecule has 0 amide bonds. The summed E-state index contributed by atoms with van der Waals surface area (Å²) in [6.07, 6.45) is 2.03. The maximum Gasteiger partial charge on any atom is 0.216 e. The molecule has 0 radical (unpaired) electrons. The van der Waals surface area contributed by atoms with Crippen LogP contribution in [0.15, 0.2) is 77.3 Å². The molecule has 0 fully saturated rings. The summed E-state index contributed by atoms with van der Waals surface area (Å²) in [5.41, 5.74) is 8.64. The zero-order valence-electron chi connectivity index (χ0n) is 17.2. The van der Waals surface area contributed by atoms with E-state index in [2.05, 4.69) is 73.0 Å². The Balaban J connectivity index is 1.86. The lowest BCUT2D eigenvalue weighted by molar-refractivity contribution is -0.660. The minimum absolute atomic E-state index is 0.556. The minimum atomic E-state index is 0.556. The van der Waals surface area contributed by atoms with Crippen LogP contribution in [0, 0.1) is 25.2 Å². The lowest BCUT2D eigenvalue weighted by atomic mass is 9.97. The molecule has 3 heteroatoms. The number of fused-ring (bicyclic) bond motifs is 3. The molecule has 0 saturated heterocycles. The van der Waals surface area contributed by atoms with E-state index in [1.165, 1.54) is 5.56 Å². The van der Waals surface area contributed by atoms with Gasteiger partial charge in [-0.2, -0.15) is 5.26 Å². The van der Waals surface area contributed by atoms with Crippen LogP contribution in [0.4, 0.5) is 0 Å². The van der Waals surface area contributed by atoms with Gasteiger partial charge in [-0.15, -0.1) is 0 Å². The van der Waals surface area contributed by atoms with E-state index >= 15 is 0 Å². The Bertz CT molecular complexity index is 1470. The molecule has 144 valence electrons. The average Bonchev–Trinajstić information content (AvgIpc) is 3.13. The standard InChI is InChI=1S/C27H21N2O/c1-17-7-10-19(11-8-17)20-14-21(16-28)26-23(15-20)22-12-9-18(2)25(27(22)30-26)24-6-4-5-13-29(24)3/h4-15H,1-3H3/q+1. The molecule has 0 bridgehead atoms. The van der Waals surface area contributed by atoms with Crippen molar-refractivity contribution in [3.63, 3.8) is 0 Å². The molecule has 0 atom stereocenters. The van der Waals surface area contributed by atoms with Gasteiger partial charge in [0, 0.05) is 22.9 Å². The predicted octanol–water partition coefficient (Wildman–Crippen LogP) is 6.23. The van der Waals surface area contributed by atoms with Crippen molar-refractivity contribution < 1.29 is 8.98 Å². The SMILES string of the molecule is Cc1ccc(-c2cc(C#N)c3oc4c(-c5cccc[n+]5C)c(C)ccc4c3c2)cc1. The number of aromatic nitrogens is 1. The monoisotopic (exact) mass is 389 g/mol. The summed E-state index contributed by atoms with van der Waals surface area (Å²) in [6, 6.07) is 25.1. The van der Waals surface area contributed by atoms with Gasteiger partial charge in [-0.3, -0.25) is 0 Å². The van der Waals surface area contributed by atoms with E-state index in [9.17, 15) is 5.26 Å². The largest absolute Gasteiger partial charge is 0.454 e. The van der Waals surface area contributed by atoms with Crippen molar-refractivity contribution in [2.75, 3.05) is 0 Å². The summed E-state index contributed by atoms with van der Waals surface area (Å²) < 4.78 is 8.47. The van der Waals surface area contributed by atoms with Crippen LogP contribution >= 0.6 is 0 Å². The van der Waals surface area contributed by atoms with Gasteiger partial charge in [-0.25, -0.2) is 4.57 Å². The van der Waals surface area contributed by atoms with Crippen molar-refractivity contribution in [1.29, 1.82) is 5.26 Å². The van der Waals surface area contributed by atoms with Gasteiger partial charge < -0.3 is 4.42 Å². The number of hydrogen-bond acceptors (Lipinski definition) is 2. The zero-order chi connectivity index (χ0) is 20.8. The third-order valence-electron chi connectivity index (χ3n) is 5.77. The summed E-state index contributed by atoms with van der Waals surface area (Å²) in [7, 11) is 2.03. The van der Waals surface area contributed by atoms with Gasteiger partial charge in [0.05, 0.1) is 11.1 Å². The van der Waals surface area contributed by atoms with E-state index in [0.717, 1.165) is 44.3 Å². The van der Waals surface area contributed by atoms with Crippen LogP contribution in [0.25, 0.3) is 44.3 Å². The highest BCUT2D eigenvalue weighted by atomic mass is 16.3. The highest BCUT2D eigenvalue weighted by Gasteiger charge is 2.21. The van der Waals surface area contributed by atoms with Crippen LogP contribution < -0.4 is 4.57 Å². The molecule has 0 aliphatic carbocycles. The summed E-state index contributed by atoms with van der Waals surface area (Å²) in [5, 5.41) is 11.8. The smallest absolute Gasteiger partial charge is 0.216 e. The highest BCUT2D eigenvalue weighted by Crippen LogP contribution is 2.39. The molecular formula is C27H21N2O+. The van der Waals surface area contributed by atoms with Gasteiger partial charge in [-0.05, 0) is 48.7 Å². The first kappa shape index (κ1) is 18.1. The van der Waals surface area contributed by atoms with Crippen LogP contribution in [-0.4, -0.2) is 0 Å². The molecular weight excluding hydrogens is 368 g/mol. The molecule has 0 aliphatic heterocycles. The number of benzene rings is 3. The lowest BCUT2D eigenvalue weighted by Crippen LogP contribution is -2.30. The third kappa shape index (κ3) is 2.77. The van der Waals surface area contributed by atoms with Crippen molar-refractivity contribution in [3.8, 4) is 28.5 Å². The maximum atomic E-state index is 9.85. The first-order chi connectivity index (χ1) is 14.6. The van der Waals surface area contributed by atoms with E-state index < -0.39 is 0 Å². The fourth-order valence-electron chi connectivity index (χ4n) is 4.14. The molecule has 0 saturated carbocycles. The number of rotatable bonds is 2. The van der Waals surface area contributed by atoms with Crippen molar-refractivity contribution >= 4 is 21.9 Å². The molecule has 3 nitrogen and oxygen atoms in total. The molecule has 5 aromatic rings. The highest BCUT2D eigenvalue weighted by molar-refractivity contribution is 6.12. The van der Waals surface area contributed by atoms with E-state index in [1.54, 1.807) is 0 Å². The summed E-state index contributed by atoms with van der Waals surface area (Å²) in [4.78, 5) is 0. The Morgan fingerprint density at radius 2 is 1.63 bits per heavy atom. The van der Waals surface area contributed by atoms with Gasteiger partial charge in [0.15, 0.2) is 11.8 Å². The molecule has 30 heavy (non-hydrogen) atoms. The molecule has 0 spiro atoms. The summed E-state index contributed by atoms with van der Waals surface area (Å²) >= 11 is 0. The lowest BCUT2D eigenvalue weighted by Gasteiger charge is -2.05. The second-order valence-electron chi connectivity index (χ2n) is 7.81. The van der Waals surface area contributed by atoms with E-state index in [0.29, 0.717) is 11.1 Å². The summed E-state index contributed by atoms with van der Waals surface area (Å²) in [6.45, 7) is 4.17. The molecule has 0 unspecified atom stereocenters. The topological polar surface area (TPSA) is 40.8 Å². The van der Waals surface area contributed by atoms with Crippen LogP contribution in [0.5, 0.6) is 0 Å². The summed E-state index contributed by atoms with van der Waals surface area (Å²) in [5.74, 6) is 0.